The van der Waals surface area contributed by atoms with Crippen molar-refractivity contribution in [2.45, 2.75) is 13.8 Å². The molecule has 1 N–H and O–H groups in total. The second-order valence-electron chi connectivity index (χ2n) is 2.52. The topological polar surface area (TPSA) is 46.9 Å². The second-order valence-corrected chi connectivity index (χ2v) is 2.52. The van der Waals surface area contributed by atoms with Crippen LogP contribution in [0.3, 0.4) is 0 Å². The van der Waals surface area contributed by atoms with Gasteiger partial charge in [0.15, 0.2) is 5.82 Å². The third-order valence-electron chi connectivity index (χ3n) is 1.31. The van der Waals surface area contributed by atoms with Crippen LogP contribution in [0.5, 0.6) is 0 Å². The van der Waals surface area contributed by atoms with Crippen molar-refractivity contribution in [1.29, 1.82) is 0 Å². The Bertz CT molecular complexity index is 277. The highest BCUT2D eigenvalue weighted by Crippen LogP contribution is 2.09. The predicted octanol–water partition coefficient (Wildman–Crippen LogP) is 0.687. The maximum atomic E-state index is 10.6. The molecule has 1 heterocycles. The molecule has 0 aliphatic heterocycles. The first-order valence-corrected chi connectivity index (χ1v) is 3.37. The molecule has 0 fully saturated rings. The lowest BCUT2D eigenvalue weighted by molar-refractivity contribution is -0.114. The van der Waals surface area contributed by atoms with Crippen LogP contribution in [0.1, 0.15) is 12.5 Å². The van der Waals surface area contributed by atoms with Gasteiger partial charge in [-0.3, -0.25) is 9.48 Å². The lowest BCUT2D eigenvalue weighted by Gasteiger charge is -1.95. The molecule has 0 saturated heterocycles. The minimum absolute atomic E-state index is 0.0909. The van der Waals surface area contributed by atoms with E-state index in [1.165, 1.54) is 6.92 Å². The molecule has 1 amide bonds. The average Bonchev–Trinajstić information content (AvgIpc) is 2.09. The molecule has 0 aromatic carbocycles. The molecule has 11 heavy (non-hydrogen) atoms. The number of carbonyl (C=O) groups is 1. The largest absolute Gasteiger partial charge is 0.309 e. The van der Waals surface area contributed by atoms with E-state index < -0.39 is 0 Å². The summed E-state index contributed by atoms with van der Waals surface area (Å²) in [6.07, 6.45) is 1.85. The van der Waals surface area contributed by atoms with Gasteiger partial charge >= 0.3 is 0 Å². The first-order valence-electron chi connectivity index (χ1n) is 3.37. The van der Waals surface area contributed by atoms with Gasteiger partial charge in [0.25, 0.3) is 0 Å². The Balaban J connectivity index is 2.85. The van der Waals surface area contributed by atoms with E-state index in [0.717, 1.165) is 5.56 Å². The Morgan fingerprint density at radius 2 is 2.36 bits per heavy atom. The molecule has 0 radical (unpaired) electrons. The molecule has 0 atom stereocenters. The van der Waals surface area contributed by atoms with E-state index in [1.54, 1.807) is 4.68 Å². The zero-order valence-corrected chi connectivity index (χ0v) is 6.88. The van der Waals surface area contributed by atoms with Gasteiger partial charge in [0.1, 0.15) is 0 Å². The molecule has 1 aromatic heterocycles. The quantitative estimate of drug-likeness (QED) is 0.645. The molecule has 1 aromatic rings. The van der Waals surface area contributed by atoms with Crippen LogP contribution in [-0.2, 0) is 11.8 Å². The third-order valence-corrected chi connectivity index (χ3v) is 1.31. The van der Waals surface area contributed by atoms with E-state index in [0.29, 0.717) is 5.82 Å². The van der Waals surface area contributed by atoms with E-state index >= 15 is 0 Å². The van der Waals surface area contributed by atoms with Crippen molar-refractivity contribution in [2.24, 2.45) is 7.05 Å². The fraction of sp³-hybridized carbons (Fsp3) is 0.429. The van der Waals surface area contributed by atoms with Crippen molar-refractivity contribution >= 4 is 11.7 Å². The van der Waals surface area contributed by atoms with E-state index in [4.69, 9.17) is 0 Å². The molecule has 0 saturated carbocycles. The van der Waals surface area contributed by atoms with Gasteiger partial charge in [-0.25, -0.2) is 0 Å². The molecule has 60 valence electrons. The van der Waals surface area contributed by atoms with E-state index in [9.17, 15) is 4.79 Å². The first kappa shape index (κ1) is 7.78. The maximum absolute atomic E-state index is 10.6. The van der Waals surface area contributed by atoms with Crippen LogP contribution in [-0.4, -0.2) is 15.7 Å². The number of aryl methyl sites for hydroxylation is 2. The van der Waals surface area contributed by atoms with Crippen LogP contribution in [0.25, 0.3) is 0 Å². The van der Waals surface area contributed by atoms with E-state index in [2.05, 4.69) is 10.4 Å². The lowest BCUT2D eigenvalue weighted by Crippen LogP contribution is -2.07. The number of amides is 1. The number of nitrogens with one attached hydrogen (secondary N) is 1. The lowest BCUT2D eigenvalue weighted by atomic mass is 10.4. The highest BCUT2D eigenvalue weighted by molar-refractivity contribution is 5.88. The number of anilines is 1. The SMILES string of the molecule is CC(=O)Nc1nn(C)cc1C. The van der Waals surface area contributed by atoms with E-state index in [-0.39, 0.29) is 5.91 Å². The minimum Gasteiger partial charge on any atom is -0.309 e. The van der Waals surface area contributed by atoms with Gasteiger partial charge < -0.3 is 5.32 Å². The number of hydrogen-bond acceptors (Lipinski definition) is 2. The monoisotopic (exact) mass is 153 g/mol. The van der Waals surface area contributed by atoms with Crippen LogP contribution >= 0.6 is 0 Å². The van der Waals surface area contributed by atoms with E-state index in [1.807, 2.05) is 20.2 Å². The number of rotatable bonds is 1. The van der Waals surface area contributed by atoms with Gasteiger partial charge in [-0.05, 0) is 6.92 Å². The van der Waals surface area contributed by atoms with Gasteiger partial charge in [0.05, 0.1) is 0 Å². The summed E-state index contributed by atoms with van der Waals surface area (Å²) >= 11 is 0. The van der Waals surface area contributed by atoms with Crippen molar-refractivity contribution < 1.29 is 4.79 Å². The summed E-state index contributed by atoms with van der Waals surface area (Å²) in [6, 6.07) is 0. The fourth-order valence-corrected chi connectivity index (χ4v) is 0.897. The van der Waals surface area contributed by atoms with Crippen LogP contribution in [0, 0.1) is 6.92 Å². The molecule has 0 aliphatic carbocycles. The average molecular weight is 153 g/mol. The van der Waals surface area contributed by atoms with Gasteiger partial charge in [-0.2, -0.15) is 5.10 Å². The molecule has 0 unspecified atom stereocenters. The number of hydrogen-bond donors (Lipinski definition) is 1. The molecule has 0 bridgehead atoms. The molecule has 1 rings (SSSR count). The van der Waals surface area contributed by atoms with Crippen molar-refractivity contribution in [3.05, 3.63) is 11.8 Å². The smallest absolute Gasteiger partial charge is 0.222 e. The molecular weight excluding hydrogens is 142 g/mol. The summed E-state index contributed by atoms with van der Waals surface area (Å²) < 4.78 is 1.67. The van der Waals surface area contributed by atoms with Crippen molar-refractivity contribution in [3.8, 4) is 0 Å². The molecular formula is C7H11N3O. The van der Waals surface area contributed by atoms with Crippen molar-refractivity contribution in [2.75, 3.05) is 5.32 Å². The summed E-state index contributed by atoms with van der Waals surface area (Å²) in [5.74, 6) is 0.548. The summed E-state index contributed by atoms with van der Waals surface area (Å²) in [7, 11) is 1.82. The highest BCUT2D eigenvalue weighted by atomic mass is 16.1. The van der Waals surface area contributed by atoms with Gasteiger partial charge in [0, 0.05) is 25.7 Å². The Hall–Kier alpha value is -1.32. The highest BCUT2D eigenvalue weighted by Gasteiger charge is 2.02. The third kappa shape index (κ3) is 1.80. The summed E-state index contributed by atoms with van der Waals surface area (Å²) in [6.45, 7) is 3.37. The van der Waals surface area contributed by atoms with Crippen molar-refractivity contribution in [1.82, 2.24) is 9.78 Å². The molecule has 4 nitrogen and oxygen atoms in total. The molecule has 0 aliphatic rings. The number of nitrogens with zero attached hydrogens (tertiary/aromatic N) is 2. The summed E-state index contributed by atoms with van der Waals surface area (Å²) in [5, 5.41) is 6.66. The number of aromatic nitrogens is 2. The summed E-state index contributed by atoms with van der Waals surface area (Å²) in [4.78, 5) is 10.6. The van der Waals surface area contributed by atoms with Crippen LogP contribution < -0.4 is 5.32 Å². The molecule has 4 heteroatoms. The van der Waals surface area contributed by atoms with Crippen LogP contribution in [0.2, 0.25) is 0 Å². The summed E-state index contributed by atoms with van der Waals surface area (Å²) in [5.41, 5.74) is 0.975. The zero-order chi connectivity index (χ0) is 8.43. The van der Waals surface area contributed by atoms with Crippen molar-refractivity contribution in [3.63, 3.8) is 0 Å². The predicted molar refractivity (Wildman–Crippen MR) is 42.2 cm³/mol. The Morgan fingerprint density at radius 1 is 1.73 bits per heavy atom. The Morgan fingerprint density at radius 3 is 2.73 bits per heavy atom. The Kier molecular flexibility index (Phi) is 1.94. The zero-order valence-electron chi connectivity index (χ0n) is 6.88. The van der Waals surface area contributed by atoms with Crippen LogP contribution in [0.15, 0.2) is 6.20 Å². The molecule has 0 spiro atoms. The first-order chi connectivity index (χ1) is 5.09. The fourth-order valence-electron chi connectivity index (χ4n) is 0.897. The van der Waals surface area contributed by atoms with Gasteiger partial charge in [-0.1, -0.05) is 0 Å². The standard InChI is InChI=1S/C7H11N3O/c1-5-4-10(3)9-7(5)8-6(2)11/h4H,1-3H3,(H,8,9,11). The van der Waals surface area contributed by atoms with Gasteiger partial charge in [-0.15, -0.1) is 0 Å². The maximum Gasteiger partial charge on any atom is 0.222 e. The second kappa shape index (κ2) is 2.74. The van der Waals surface area contributed by atoms with Gasteiger partial charge in [0.2, 0.25) is 5.91 Å². The minimum atomic E-state index is -0.0909. The van der Waals surface area contributed by atoms with Crippen LogP contribution in [0.4, 0.5) is 5.82 Å². The Labute approximate surface area is 65.2 Å². The number of carbonyl (C=O) groups excluding carboxylic acids is 1. The normalized spacial score (nSPS) is 9.73.